The molecule has 0 aromatic rings. The zero-order valence-electron chi connectivity index (χ0n) is 9.18. The normalized spacial score (nSPS) is 35.4. The van der Waals surface area contributed by atoms with Crippen LogP contribution in [0.2, 0.25) is 0 Å². The third kappa shape index (κ3) is 2.21. The number of ether oxygens (including phenoxy) is 1. The smallest absolute Gasteiger partial charge is 0.153 e. The predicted molar refractivity (Wildman–Crippen MR) is 58.6 cm³/mol. The highest BCUT2D eigenvalue weighted by Crippen LogP contribution is 2.29. The third-order valence-electron chi connectivity index (χ3n) is 3.33. The zero-order valence-corrected chi connectivity index (χ0v) is 10.0. The van der Waals surface area contributed by atoms with E-state index in [4.69, 9.17) is 4.74 Å². The molecule has 1 unspecified atom stereocenters. The van der Waals surface area contributed by atoms with E-state index in [2.05, 4.69) is 6.07 Å². The summed E-state index contributed by atoms with van der Waals surface area (Å²) in [5.41, 5.74) is -0.805. The van der Waals surface area contributed by atoms with Crippen molar-refractivity contribution in [3.63, 3.8) is 0 Å². The summed E-state index contributed by atoms with van der Waals surface area (Å²) in [4.78, 5) is 1.98. The van der Waals surface area contributed by atoms with Gasteiger partial charge >= 0.3 is 0 Å². The first-order chi connectivity index (χ1) is 7.58. The lowest BCUT2D eigenvalue weighted by Crippen LogP contribution is -2.58. The lowest BCUT2D eigenvalue weighted by atomic mass is 9.94. The van der Waals surface area contributed by atoms with E-state index in [0.717, 1.165) is 0 Å². The molecule has 2 aliphatic heterocycles. The lowest BCUT2D eigenvalue weighted by Gasteiger charge is -2.42. The van der Waals surface area contributed by atoms with Crippen molar-refractivity contribution in [2.24, 2.45) is 0 Å². The number of rotatable bonds is 1. The van der Waals surface area contributed by atoms with Crippen LogP contribution in [0.5, 0.6) is 0 Å². The SMILES string of the molecule is N#CC1(N2CCOCC2)CCCS(=O)(=O)C1. The van der Waals surface area contributed by atoms with Crippen molar-refractivity contribution in [2.45, 2.75) is 18.4 Å². The highest BCUT2D eigenvalue weighted by Gasteiger charge is 2.44. The maximum Gasteiger partial charge on any atom is 0.153 e. The molecule has 0 aromatic heterocycles. The maximum absolute atomic E-state index is 11.7. The fourth-order valence-electron chi connectivity index (χ4n) is 2.49. The molecule has 16 heavy (non-hydrogen) atoms. The predicted octanol–water partition coefficient (Wildman–Crippen LogP) is -0.210. The Morgan fingerprint density at radius 1 is 1.31 bits per heavy atom. The average molecular weight is 244 g/mol. The molecule has 2 saturated heterocycles. The largest absolute Gasteiger partial charge is 0.379 e. The van der Waals surface area contributed by atoms with Gasteiger partial charge in [0.25, 0.3) is 0 Å². The van der Waals surface area contributed by atoms with E-state index in [0.29, 0.717) is 39.1 Å². The van der Waals surface area contributed by atoms with Gasteiger partial charge in [-0.1, -0.05) is 0 Å². The molecule has 0 spiro atoms. The van der Waals surface area contributed by atoms with Gasteiger partial charge in [0.05, 0.1) is 30.8 Å². The van der Waals surface area contributed by atoms with Crippen molar-refractivity contribution < 1.29 is 13.2 Å². The third-order valence-corrected chi connectivity index (χ3v) is 5.16. The molecule has 2 aliphatic rings. The van der Waals surface area contributed by atoms with Gasteiger partial charge in [-0.25, -0.2) is 8.42 Å². The molecule has 0 aliphatic carbocycles. The molecule has 1 atom stereocenters. The van der Waals surface area contributed by atoms with E-state index in [1.807, 2.05) is 4.90 Å². The van der Waals surface area contributed by atoms with Crippen LogP contribution in [-0.4, -0.2) is 56.7 Å². The number of sulfone groups is 1. The molecule has 6 heteroatoms. The Hall–Kier alpha value is -0.640. The van der Waals surface area contributed by atoms with Gasteiger partial charge in [-0.15, -0.1) is 0 Å². The van der Waals surface area contributed by atoms with E-state index in [1.165, 1.54) is 0 Å². The van der Waals surface area contributed by atoms with Gasteiger partial charge in [-0.05, 0) is 12.8 Å². The summed E-state index contributed by atoms with van der Waals surface area (Å²) >= 11 is 0. The fraction of sp³-hybridized carbons (Fsp3) is 0.900. The van der Waals surface area contributed by atoms with Crippen molar-refractivity contribution in [1.82, 2.24) is 4.90 Å². The summed E-state index contributed by atoms with van der Waals surface area (Å²) < 4.78 is 28.5. The Morgan fingerprint density at radius 3 is 2.56 bits per heavy atom. The summed E-state index contributed by atoms with van der Waals surface area (Å²) in [5.74, 6) is 0.206. The van der Waals surface area contributed by atoms with Crippen molar-refractivity contribution >= 4 is 9.84 Å². The van der Waals surface area contributed by atoms with Crippen LogP contribution in [0.4, 0.5) is 0 Å². The van der Waals surface area contributed by atoms with Crippen molar-refractivity contribution in [2.75, 3.05) is 37.8 Å². The van der Waals surface area contributed by atoms with E-state index >= 15 is 0 Å². The quantitative estimate of drug-likeness (QED) is 0.638. The maximum atomic E-state index is 11.7. The number of hydrogen-bond donors (Lipinski definition) is 0. The molecule has 0 bridgehead atoms. The van der Waals surface area contributed by atoms with Gasteiger partial charge in [0.1, 0.15) is 5.54 Å². The van der Waals surface area contributed by atoms with Crippen LogP contribution in [0.15, 0.2) is 0 Å². The van der Waals surface area contributed by atoms with Crippen LogP contribution in [0.1, 0.15) is 12.8 Å². The molecule has 2 heterocycles. The van der Waals surface area contributed by atoms with Crippen LogP contribution in [0.3, 0.4) is 0 Å². The van der Waals surface area contributed by atoms with E-state index in [-0.39, 0.29) is 11.5 Å². The minimum absolute atomic E-state index is 0.0174. The highest BCUT2D eigenvalue weighted by molar-refractivity contribution is 7.91. The van der Waals surface area contributed by atoms with Gasteiger partial charge in [0, 0.05) is 13.1 Å². The second kappa shape index (κ2) is 4.32. The summed E-state index contributed by atoms with van der Waals surface area (Å²) in [5, 5.41) is 9.33. The van der Waals surface area contributed by atoms with Crippen molar-refractivity contribution in [1.29, 1.82) is 5.26 Å². The van der Waals surface area contributed by atoms with Crippen molar-refractivity contribution in [3.8, 4) is 6.07 Å². The Morgan fingerprint density at radius 2 is 2.00 bits per heavy atom. The minimum atomic E-state index is -3.06. The molecular weight excluding hydrogens is 228 g/mol. The second-order valence-corrected chi connectivity index (χ2v) is 6.62. The molecule has 0 radical (unpaired) electrons. The number of nitrogens with zero attached hydrogens (tertiary/aromatic N) is 2. The van der Waals surface area contributed by atoms with Crippen molar-refractivity contribution in [3.05, 3.63) is 0 Å². The molecule has 0 saturated carbocycles. The van der Waals surface area contributed by atoms with Gasteiger partial charge in [0.2, 0.25) is 0 Å². The minimum Gasteiger partial charge on any atom is -0.379 e. The van der Waals surface area contributed by atoms with Crippen LogP contribution < -0.4 is 0 Å². The molecule has 0 amide bonds. The Labute approximate surface area is 95.9 Å². The van der Waals surface area contributed by atoms with Crippen LogP contribution >= 0.6 is 0 Å². The van der Waals surface area contributed by atoms with Crippen LogP contribution in [-0.2, 0) is 14.6 Å². The molecule has 0 N–H and O–H groups in total. The standard InChI is InChI=1S/C10H16N2O3S/c11-8-10(12-3-5-15-6-4-12)2-1-7-16(13,14)9-10/h1-7,9H2. The van der Waals surface area contributed by atoms with Gasteiger partial charge in [0.15, 0.2) is 9.84 Å². The van der Waals surface area contributed by atoms with Gasteiger partial charge < -0.3 is 4.74 Å². The monoisotopic (exact) mass is 244 g/mol. The molecule has 90 valence electrons. The topological polar surface area (TPSA) is 70.4 Å². The van der Waals surface area contributed by atoms with E-state index in [1.54, 1.807) is 0 Å². The van der Waals surface area contributed by atoms with Gasteiger partial charge in [-0.3, -0.25) is 4.90 Å². The van der Waals surface area contributed by atoms with Crippen LogP contribution in [0, 0.1) is 11.3 Å². The fourth-order valence-corrected chi connectivity index (χ4v) is 4.34. The summed E-state index contributed by atoms with van der Waals surface area (Å²) in [6, 6.07) is 2.23. The Balaban J connectivity index is 2.21. The number of nitriles is 1. The molecular formula is C10H16N2O3S. The van der Waals surface area contributed by atoms with E-state index < -0.39 is 15.4 Å². The Kier molecular flexibility index (Phi) is 3.19. The van der Waals surface area contributed by atoms with Crippen LogP contribution in [0.25, 0.3) is 0 Å². The average Bonchev–Trinajstić information content (AvgIpc) is 2.29. The molecule has 2 fully saturated rings. The first-order valence-corrected chi connectivity index (χ1v) is 7.35. The zero-order chi connectivity index (χ0) is 11.6. The van der Waals surface area contributed by atoms with Gasteiger partial charge in [-0.2, -0.15) is 5.26 Å². The highest BCUT2D eigenvalue weighted by atomic mass is 32.2. The molecule has 0 aromatic carbocycles. The summed E-state index contributed by atoms with van der Waals surface area (Å²) in [6.45, 7) is 2.49. The summed E-state index contributed by atoms with van der Waals surface area (Å²) in [6.07, 6.45) is 1.25. The Bertz CT molecular complexity index is 395. The molecule has 2 rings (SSSR count). The number of morpholine rings is 1. The first-order valence-electron chi connectivity index (χ1n) is 5.52. The second-order valence-electron chi connectivity index (χ2n) is 4.44. The van der Waals surface area contributed by atoms with E-state index in [9.17, 15) is 13.7 Å². The first kappa shape index (κ1) is 11.8. The molecule has 5 nitrogen and oxygen atoms in total. The lowest BCUT2D eigenvalue weighted by molar-refractivity contribution is -0.000677. The number of hydrogen-bond acceptors (Lipinski definition) is 5. The summed E-state index contributed by atoms with van der Waals surface area (Å²) in [7, 11) is -3.06.